The molecule has 6 heteroatoms. The lowest BCUT2D eigenvalue weighted by atomic mass is 10.1. The van der Waals surface area contributed by atoms with Gasteiger partial charge in [0.05, 0.1) is 14.3 Å². The summed E-state index contributed by atoms with van der Waals surface area (Å²) >= 11 is 13.4. The van der Waals surface area contributed by atoms with Crippen LogP contribution in [0.15, 0.2) is 24.1 Å². The molecule has 0 amide bonds. The van der Waals surface area contributed by atoms with Crippen LogP contribution in [0.25, 0.3) is 0 Å². The molecule has 0 saturated heterocycles. The highest BCUT2D eigenvalue weighted by atomic mass is 127. The van der Waals surface area contributed by atoms with Crippen LogP contribution >= 0.6 is 92.2 Å². The van der Waals surface area contributed by atoms with Crippen LogP contribution in [-0.2, 0) is 0 Å². The first kappa shape index (κ1) is 30.3. The van der Waals surface area contributed by atoms with Crippen molar-refractivity contribution in [3.8, 4) is 0 Å². The molecule has 0 nitrogen and oxygen atoms in total. The van der Waals surface area contributed by atoms with Gasteiger partial charge in [-0.3, -0.25) is 0 Å². The summed E-state index contributed by atoms with van der Waals surface area (Å²) < 4.78 is 6.18. The molecule has 0 bridgehead atoms. The number of thioether (sulfide) groups is 4. The van der Waals surface area contributed by atoms with Crippen molar-refractivity contribution < 1.29 is 0 Å². The van der Waals surface area contributed by atoms with Crippen LogP contribution in [0.5, 0.6) is 0 Å². The van der Waals surface area contributed by atoms with Gasteiger partial charge in [-0.1, -0.05) is 151 Å². The molecule has 0 saturated carbocycles. The van der Waals surface area contributed by atoms with E-state index in [0.29, 0.717) is 0 Å². The van der Waals surface area contributed by atoms with E-state index < -0.39 is 0 Å². The highest BCUT2D eigenvalue weighted by molar-refractivity contribution is 14.1. The summed E-state index contributed by atoms with van der Waals surface area (Å²) in [6.07, 6.45) is 25.1. The minimum Gasteiger partial charge on any atom is -0.0837 e. The third kappa shape index (κ3) is 12.4. The Morgan fingerprint density at radius 3 is 1.09 bits per heavy atom. The van der Waals surface area contributed by atoms with Crippen LogP contribution in [-0.4, -0.2) is 0 Å². The molecule has 0 atom stereocenters. The van der Waals surface area contributed by atoms with Crippen molar-refractivity contribution in [1.29, 1.82) is 0 Å². The zero-order chi connectivity index (χ0) is 23.0. The number of halogens is 2. The second-order valence-electron chi connectivity index (χ2n) is 8.83. The normalized spacial score (nSPS) is 19.1. The van der Waals surface area contributed by atoms with Crippen LogP contribution in [0.1, 0.15) is 129 Å². The van der Waals surface area contributed by atoms with Crippen molar-refractivity contribution in [3.05, 3.63) is 24.1 Å². The van der Waals surface area contributed by atoms with Crippen LogP contribution in [0.4, 0.5) is 0 Å². The van der Waals surface area contributed by atoms with Gasteiger partial charge in [-0.2, -0.15) is 0 Å². The van der Waals surface area contributed by atoms with Gasteiger partial charge in [0, 0.05) is 9.81 Å². The van der Waals surface area contributed by atoms with E-state index >= 15 is 0 Å². The van der Waals surface area contributed by atoms with Crippen molar-refractivity contribution in [3.63, 3.8) is 0 Å². The third-order valence-corrected chi connectivity index (χ3v) is 14.8. The van der Waals surface area contributed by atoms with Gasteiger partial charge in [-0.05, 0) is 70.9 Å². The molecule has 0 N–H and O–H groups in total. The fourth-order valence-electron chi connectivity index (χ4n) is 3.93. The van der Waals surface area contributed by atoms with E-state index in [1.165, 1.54) is 121 Å². The molecule has 0 aromatic rings. The smallest absolute Gasteiger partial charge is 0.0708 e. The predicted octanol–water partition coefficient (Wildman–Crippen LogP) is 13.3. The highest BCUT2D eigenvalue weighted by Gasteiger charge is 2.27. The molecule has 0 radical (unpaired) electrons. The van der Waals surface area contributed by atoms with Crippen LogP contribution in [0.3, 0.4) is 0 Å². The molecule has 0 spiro atoms. The maximum Gasteiger partial charge on any atom is 0.0708 e. The van der Waals surface area contributed by atoms with Gasteiger partial charge in [-0.15, -0.1) is 0 Å². The first-order valence-corrected chi connectivity index (χ1v) is 18.3. The first-order chi connectivity index (χ1) is 15.7. The van der Waals surface area contributed by atoms with Gasteiger partial charge >= 0.3 is 0 Å². The zero-order valence-corrected chi connectivity index (χ0v) is 27.7. The Morgan fingerprint density at radius 2 is 0.750 bits per heavy atom. The number of unbranched alkanes of at least 4 members (excludes halogenated alkanes) is 14. The maximum atomic E-state index is 2.59. The summed E-state index contributed by atoms with van der Waals surface area (Å²) in [5, 5.41) is 0. The molecular formula is C26H42I2S4. The Hall–Kier alpha value is 2.08. The molecular weight excluding hydrogens is 694 g/mol. The number of hydrogen-bond acceptors (Lipinski definition) is 4. The lowest BCUT2D eigenvalue weighted by Crippen LogP contribution is -1.82. The summed E-state index contributed by atoms with van der Waals surface area (Å²) in [6, 6.07) is 0. The molecule has 184 valence electrons. The van der Waals surface area contributed by atoms with Crippen molar-refractivity contribution in [2.75, 3.05) is 0 Å². The highest BCUT2D eigenvalue weighted by Crippen LogP contribution is 2.63. The molecule has 0 aromatic heterocycles. The Balaban J connectivity index is 1.61. The van der Waals surface area contributed by atoms with Crippen LogP contribution in [0, 0.1) is 0 Å². The summed E-state index contributed by atoms with van der Waals surface area (Å²) in [5.74, 6) is 0. The first-order valence-electron chi connectivity index (χ1n) is 12.9. The zero-order valence-electron chi connectivity index (χ0n) is 20.1. The second kappa shape index (κ2) is 19.2. The fraction of sp³-hybridized carbons (Fsp3) is 0.769. The quantitative estimate of drug-likeness (QED) is 0.101. The summed E-state index contributed by atoms with van der Waals surface area (Å²) in [4.78, 5) is 3.27. The van der Waals surface area contributed by atoms with E-state index in [0.717, 1.165) is 0 Å². The van der Waals surface area contributed by atoms with Crippen LogP contribution < -0.4 is 0 Å². The van der Waals surface area contributed by atoms with E-state index in [-0.39, 0.29) is 0 Å². The molecule has 2 rings (SSSR count). The Morgan fingerprint density at radius 1 is 0.438 bits per heavy atom. The molecule has 2 aliphatic heterocycles. The summed E-state index contributed by atoms with van der Waals surface area (Å²) in [5.41, 5.74) is 0. The molecule has 2 aliphatic rings. The Labute approximate surface area is 243 Å². The van der Waals surface area contributed by atoms with Crippen molar-refractivity contribution >= 4 is 92.2 Å². The van der Waals surface area contributed by atoms with Crippen molar-refractivity contribution in [1.82, 2.24) is 0 Å². The fourth-order valence-corrected chi connectivity index (χ4v) is 12.5. The number of hydrogen-bond donors (Lipinski definition) is 0. The molecule has 32 heavy (non-hydrogen) atoms. The van der Waals surface area contributed by atoms with E-state index in [2.05, 4.69) is 82.6 Å². The van der Waals surface area contributed by atoms with Gasteiger partial charge in [0.2, 0.25) is 0 Å². The minimum absolute atomic E-state index is 1.28. The van der Waals surface area contributed by atoms with Gasteiger partial charge in [0.15, 0.2) is 0 Å². The van der Waals surface area contributed by atoms with E-state index in [4.69, 9.17) is 0 Å². The van der Waals surface area contributed by atoms with Crippen LogP contribution in [0.2, 0.25) is 0 Å². The molecule has 2 heterocycles. The number of rotatable bonds is 18. The standard InChI is InChI=1S/C26H42I2S4/c1-3-5-7-9-11-13-15-17-19-21-23(27)31-25(29-21)26-30-22(24(28)32-26)20-18-16-14-12-10-8-6-4-2/h3-20H2,1-2H3/b26-25-. The van der Waals surface area contributed by atoms with Gasteiger partial charge in [0.25, 0.3) is 0 Å². The average Bonchev–Trinajstić information content (AvgIpc) is 3.34. The SMILES string of the molecule is CCCCCCCCCCC1=C(I)S/C(=C2\SC(I)=C(CCCCCCCCCC)S2)S1. The second-order valence-corrected chi connectivity index (χ2v) is 17.2. The molecule has 0 unspecified atom stereocenters. The van der Waals surface area contributed by atoms with E-state index in [1.54, 1.807) is 18.3 Å². The van der Waals surface area contributed by atoms with E-state index in [1.807, 2.05) is 23.5 Å². The minimum atomic E-state index is 1.28. The Kier molecular flexibility index (Phi) is 18.2. The average molecular weight is 737 g/mol. The van der Waals surface area contributed by atoms with Gasteiger partial charge < -0.3 is 0 Å². The lowest BCUT2D eigenvalue weighted by Gasteiger charge is -2.05. The molecule has 0 aliphatic carbocycles. The molecule has 0 fully saturated rings. The Bertz CT molecular complexity index is 586. The predicted molar refractivity (Wildman–Crippen MR) is 174 cm³/mol. The molecule has 0 aromatic carbocycles. The summed E-state index contributed by atoms with van der Waals surface area (Å²) in [6.45, 7) is 4.60. The van der Waals surface area contributed by atoms with Crippen molar-refractivity contribution in [2.24, 2.45) is 0 Å². The van der Waals surface area contributed by atoms with Gasteiger partial charge in [-0.25, -0.2) is 0 Å². The lowest BCUT2D eigenvalue weighted by molar-refractivity contribution is 0.577. The number of allylic oxidation sites excluding steroid dienone is 2. The third-order valence-electron chi connectivity index (χ3n) is 5.92. The summed E-state index contributed by atoms with van der Waals surface area (Å²) in [7, 11) is 0. The maximum absolute atomic E-state index is 2.59. The van der Waals surface area contributed by atoms with Gasteiger partial charge in [0.1, 0.15) is 0 Å². The topological polar surface area (TPSA) is 0 Å². The largest absolute Gasteiger partial charge is 0.0837 e. The monoisotopic (exact) mass is 736 g/mol. The van der Waals surface area contributed by atoms with E-state index in [9.17, 15) is 0 Å². The van der Waals surface area contributed by atoms with Crippen molar-refractivity contribution in [2.45, 2.75) is 129 Å².